The number of benzene rings is 3. The summed E-state index contributed by atoms with van der Waals surface area (Å²) in [5.74, 6) is 0. The van der Waals surface area contributed by atoms with Crippen LogP contribution in [0.4, 0.5) is 0 Å². The highest BCUT2D eigenvalue weighted by molar-refractivity contribution is 6.02. The molecule has 1 aliphatic carbocycles. The molecule has 5 aromatic rings. The second-order valence-corrected chi connectivity index (χ2v) is 8.57. The van der Waals surface area contributed by atoms with Gasteiger partial charge in [-0.3, -0.25) is 4.98 Å². The van der Waals surface area contributed by atoms with Crippen molar-refractivity contribution < 1.29 is 0 Å². The first-order chi connectivity index (χ1) is 14.6. The second kappa shape index (κ2) is 6.17. The highest BCUT2D eigenvalue weighted by atomic mass is 15.0. The van der Waals surface area contributed by atoms with E-state index in [0.717, 1.165) is 5.56 Å². The van der Waals surface area contributed by atoms with Crippen LogP contribution in [0.2, 0.25) is 0 Å². The maximum absolute atomic E-state index is 4.23. The van der Waals surface area contributed by atoms with Gasteiger partial charge in [-0.05, 0) is 63.7 Å². The van der Waals surface area contributed by atoms with Crippen molar-refractivity contribution in [1.82, 2.24) is 9.55 Å². The van der Waals surface area contributed by atoms with Crippen molar-refractivity contribution in [3.05, 3.63) is 109 Å². The molecule has 1 aliphatic rings. The highest BCUT2D eigenvalue weighted by Crippen LogP contribution is 2.51. The Kier molecular flexibility index (Phi) is 3.54. The Bertz CT molecular complexity index is 1390. The van der Waals surface area contributed by atoms with E-state index in [1.54, 1.807) is 0 Å². The van der Waals surface area contributed by atoms with Gasteiger partial charge in [0.05, 0.1) is 5.52 Å². The number of nitrogens with zero attached hydrogens (tertiary/aromatic N) is 2. The van der Waals surface area contributed by atoms with Crippen LogP contribution in [0.15, 0.2) is 97.5 Å². The molecule has 2 heterocycles. The molecule has 0 N–H and O–H groups in total. The molecular weight excluding hydrogens is 364 g/mol. The van der Waals surface area contributed by atoms with E-state index in [1.165, 1.54) is 44.4 Å². The second-order valence-electron chi connectivity index (χ2n) is 8.57. The summed E-state index contributed by atoms with van der Waals surface area (Å²) in [6.07, 6.45) is 5.90. The lowest BCUT2D eigenvalue weighted by atomic mass is 9.82. The molecule has 0 atom stereocenters. The number of rotatable bonds is 2. The van der Waals surface area contributed by atoms with Crippen LogP contribution in [0.5, 0.6) is 0 Å². The molecule has 0 radical (unpaired) electrons. The van der Waals surface area contributed by atoms with Crippen LogP contribution in [-0.4, -0.2) is 9.55 Å². The van der Waals surface area contributed by atoms with Crippen molar-refractivity contribution in [3.8, 4) is 27.9 Å². The van der Waals surface area contributed by atoms with E-state index in [1.807, 2.05) is 18.5 Å². The third kappa shape index (κ3) is 2.34. The molecule has 0 bridgehead atoms. The predicted octanol–water partition coefficient (Wildman–Crippen LogP) is 7.00. The third-order valence-electron chi connectivity index (χ3n) is 6.56. The summed E-state index contributed by atoms with van der Waals surface area (Å²) in [6.45, 7) is 4.66. The van der Waals surface area contributed by atoms with Crippen molar-refractivity contribution in [3.63, 3.8) is 0 Å². The van der Waals surface area contributed by atoms with Gasteiger partial charge < -0.3 is 4.57 Å². The fraction of sp³-hybridized carbons (Fsp3) is 0.107. The molecule has 0 unspecified atom stereocenters. The van der Waals surface area contributed by atoms with Crippen LogP contribution in [0.3, 0.4) is 0 Å². The van der Waals surface area contributed by atoms with Crippen LogP contribution in [0, 0.1) is 0 Å². The average molecular weight is 386 g/mol. The van der Waals surface area contributed by atoms with Crippen molar-refractivity contribution >= 4 is 10.9 Å². The monoisotopic (exact) mass is 386 g/mol. The number of hydrogen-bond acceptors (Lipinski definition) is 1. The molecule has 2 aromatic heterocycles. The van der Waals surface area contributed by atoms with E-state index in [2.05, 4.69) is 102 Å². The van der Waals surface area contributed by atoms with E-state index in [0.29, 0.717) is 0 Å². The van der Waals surface area contributed by atoms with Gasteiger partial charge >= 0.3 is 0 Å². The molecule has 30 heavy (non-hydrogen) atoms. The van der Waals surface area contributed by atoms with Gasteiger partial charge in [0.2, 0.25) is 0 Å². The summed E-state index contributed by atoms with van der Waals surface area (Å²) in [6, 6.07) is 28.5. The molecule has 0 aliphatic heterocycles. The van der Waals surface area contributed by atoms with E-state index < -0.39 is 0 Å². The SMILES string of the molecule is CC1(C)c2ccccc2-c2c1ccc1c2ccn1-c1ccc(-c2cccnc2)cc1. The fourth-order valence-electron chi connectivity index (χ4n) is 4.99. The van der Waals surface area contributed by atoms with Gasteiger partial charge in [-0.2, -0.15) is 0 Å². The maximum Gasteiger partial charge on any atom is 0.0534 e. The minimum Gasteiger partial charge on any atom is -0.317 e. The van der Waals surface area contributed by atoms with Crippen LogP contribution in [0.1, 0.15) is 25.0 Å². The van der Waals surface area contributed by atoms with E-state index in [-0.39, 0.29) is 5.41 Å². The van der Waals surface area contributed by atoms with Gasteiger partial charge in [0, 0.05) is 35.1 Å². The quantitative estimate of drug-likeness (QED) is 0.319. The van der Waals surface area contributed by atoms with Gasteiger partial charge in [0.1, 0.15) is 0 Å². The Morgan fingerprint density at radius 1 is 0.733 bits per heavy atom. The summed E-state index contributed by atoms with van der Waals surface area (Å²) < 4.78 is 2.29. The van der Waals surface area contributed by atoms with Crippen LogP contribution in [0.25, 0.3) is 38.8 Å². The summed E-state index contributed by atoms with van der Waals surface area (Å²) in [5, 5.41) is 1.32. The number of aromatic nitrogens is 2. The Labute approximate surface area is 176 Å². The molecule has 3 aromatic carbocycles. The number of hydrogen-bond donors (Lipinski definition) is 0. The zero-order valence-corrected chi connectivity index (χ0v) is 17.1. The number of fused-ring (bicyclic) bond motifs is 5. The Morgan fingerprint density at radius 3 is 2.37 bits per heavy atom. The molecule has 0 fully saturated rings. The Balaban J connectivity index is 1.50. The topological polar surface area (TPSA) is 17.8 Å². The van der Waals surface area contributed by atoms with E-state index in [4.69, 9.17) is 0 Å². The van der Waals surface area contributed by atoms with Crippen LogP contribution >= 0.6 is 0 Å². The Morgan fingerprint density at radius 2 is 1.57 bits per heavy atom. The zero-order chi connectivity index (χ0) is 20.3. The zero-order valence-electron chi connectivity index (χ0n) is 17.1. The van der Waals surface area contributed by atoms with Gasteiger partial charge in [0.25, 0.3) is 0 Å². The first-order valence-corrected chi connectivity index (χ1v) is 10.4. The molecular formula is C28H22N2. The van der Waals surface area contributed by atoms with Crippen LogP contribution < -0.4 is 0 Å². The van der Waals surface area contributed by atoms with E-state index in [9.17, 15) is 0 Å². The highest BCUT2D eigenvalue weighted by Gasteiger charge is 2.36. The van der Waals surface area contributed by atoms with Gasteiger partial charge in [-0.1, -0.05) is 62.4 Å². The number of pyridine rings is 1. The molecule has 0 amide bonds. The van der Waals surface area contributed by atoms with Crippen LogP contribution in [-0.2, 0) is 5.41 Å². The molecule has 144 valence electrons. The minimum atomic E-state index is 0.0353. The lowest BCUT2D eigenvalue weighted by Gasteiger charge is -2.21. The first-order valence-electron chi connectivity index (χ1n) is 10.4. The summed E-state index contributed by atoms with van der Waals surface area (Å²) in [5.41, 5.74) is 10.4. The van der Waals surface area contributed by atoms with Gasteiger partial charge in [0.15, 0.2) is 0 Å². The molecule has 2 heteroatoms. The summed E-state index contributed by atoms with van der Waals surface area (Å²) in [7, 11) is 0. The lowest BCUT2D eigenvalue weighted by molar-refractivity contribution is 0.661. The normalized spacial score (nSPS) is 13.9. The molecule has 0 saturated heterocycles. The standard InChI is InChI=1S/C28H22N2/c1-28(2)24-8-4-3-7-22(24)27-23-15-17-30(26(23)14-13-25(27)28)21-11-9-19(10-12-21)20-6-5-16-29-18-20/h3-18H,1-2H3. The third-order valence-corrected chi connectivity index (χ3v) is 6.56. The summed E-state index contributed by atoms with van der Waals surface area (Å²) >= 11 is 0. The molecule has 6 rings (SSSR count). The minimum absolute atomic E-state index is 0.0353. The van der Waals surface area contributed by atoms with E-state index >= 15 is 0 Å². The average Bonchev–Trinajstić information content (AvgIpc) is 3.32. The van der Waals surface area contributed by atoms with Gasteiger partial charge in [-0.15, -0.1) is 0 Å². The van der Waals surface area contributed by atoms with Crippen molar-refractivity contribution in [2.75, 3.05) is 0 Å². The van der Waals surface area contributed by atoms with Gasteiger partial charge in [-0.25, -0.2) is 0 Å². The largest absolute Gasteiger partial charge is 0.317 e. The smallest absolute Gasteiger partial charge is 0.0534 e. The van der Waals surface area contributed by atoms with Crippen molar-refractivity contribution in [1.29, 1.82) is 0 Å². The fourth-order valence-corrected chi connectivity index (χ4v) is 4.99. The molecule has 0 saturated carbocycles. The predicted molar refractivity (Wildman–Crippen MR) is 124 cm³/mol. The lowest BCUT2D eigenvalue weighted by Crippen LogP contribution is -2.14. The van der Waals surface area contributed by atoms with Crippen molar-refractivity contribution in [2.45, 2.75) is 19.3 Å². The summed E-state index contributed by atoms with van der Waals surface area (Å²) in [4.78, 5) is 4.23. The van der Waals surface area contributed by atoms with Crippen molar-refractivity contribution in [2.24, 2.45) is 0 Å². The maximum atomic E-state index is 4.23. The molecule has 2 nitrogen and oxygen atoms in total. The molecule has 0 spiro atoms. The Hall–Kier alpha value is -3.65. The first kappa shape index (κ1) is 17.2.